The minimum Gasteiger partial charge on any atom is -0.458 e. The fourth-order valence-electron chi connectivity index (χ4n) is 12.5. The molecule has 12 aromatic rings. The molecule has 0 fully saturated rings. The fourth-order valence-corrected chi connectivity index (χ4v) is 17.3. The molecule has 0 N–H and O–H groups in total. The highest BCUT2D eigenvalue weighted by molar-refractivity contribution is 7.19. The van der Waals surface area contributed by atoms with E-state index in [1.807, 2.05) is 0 Å². The van der Waals surface area contributed by atoms with Gasteiger partial charge in [-0.15, -0.1) is 0 Å². The summed E-state index contributed by atoms with van der Waals surface area (Å²) >= 11 is 0. The molecule has 2 aromatic heterocycles. The van der Waals surface area contributed by atoms with E-state index < -0.39 is 8.07 Å². The summed E-state index contributed by atoms with van der Waals surface area (Å²) in [5, 5.41) is 10.2. The summed E-state index contributed by atoms with van der Waals surface area (Å²) in [7, 11) is -2.76. The van der Waals surface area contributed by atoms with E-state index in [-0.39, 0.29) is 17.5 Å². The Morgan fingerprint density at radius 2 is 0.743 bits per heavy atom. The van der Waals surface area contributed by atoms with Crippen molar-refractivity contribution in [2.24, 2.45) is 0 Å². The van der Waals surface area contributed by atoms with Crippen LogP contribution in [0.5, 0.6) is 23.0 Å². The Hall–Kier alpha value is -8.32. The number of benzene rings is 10. The molecule has 0 spiro atoms. The lowest BCUT2D eigenvalue weighted by Crippen LogP contribution is -2.74. The Balaban J connectivity index is 1.02. The number of ether oxygens (including phenoxy) is 2. The lowest BCUT2D eigenvalue weighted by molar-refractivity contribution is 0.463. The quantitative estimate of drug-likeness (QED) is 0.123. The lowest BCUT2D eigenvalue weighted by Gasteiger charge is -2.35. The van der Waals surface area contributed by atoms with Gasteiger partial charge in [0.15, 0.2) is 8.07 Å². The molecule has 0 bridgehead atoms. The van der Waals surface area contributed by atoms with Crippen molar-refractivity contribution in [3.63, 3.8) is 0 Å². The minimum absolute atomic E-state index is 0.0333. The van der Waals surface area contributed by atoms with E-state index in [9.17, 15) is 0 Å². The summed E-state index contributed by atoms with van der Waals surface area (Å²) in [6.07, 6.45) is 0. The molecular weight excluding hydrogens is 916 g/mol. The molecule has 14 rings (SSSR count). The molecule has 4 heterocycles. The Kier molecular flexibility index (Phi) is 9.80. The fraction of sp³-hybridized carbons (Fsp3) is 0.118. The van der Waals surface area contributed by atoms with Crippen molar-refractivity contribution in [3.05, 3.63) is 236 Å². The van der Waals surface area contributed by atoms with Gasteiger partial charge in [0.25, 0.3) is 6.71 Å². The van der Waals surface area contributed by atoms with Crippen molar-refractivity contribution in [1.29, 1.82) is 0 Å². The van der Waals surface area contributed by atoms with Crippen LogP contribution >= 0.6 is 0 Å². The predicted molar refractivity (Wildman–Crippen MR) is 314 cm³/mol. The average molecular weight is 971 g/mol. The predicted octanol–water partition coefficient (Wildman–Crippen LogP) is 12.6. The number of para-hydroxylation sites is 2. The van der Waals surface area contributed by atoms with Crippen LogP contribution in [0.1, 0.15) is 52.7 Å². The number of fused-ring (bicyclic) bond motifs is 11. The van der Waals surface area contributed by atoms with Crippen LogP contribution in [0.25, 0.3) is 55.0 Å². The maximum absolute atomic E-state index is 7.14. The van der Waals surface area contributed by atoms with Gasteiger partial charge in [0.1, 0.15) is 23.0 Å². The minimum atomic E-state index is -2.76. The normalized spacial score (nSPS) is 13.2. The first-order valence-corrected chi connectivity index (χ1v) is 28.0. The first kappa shape index (κ1) is 44.4. The number of hydrogen-bond acceptors (Lipinski definition) is 2. The van der Waals surface area contributed by atoms with Crippen LogP contribution in [0.4, 0.5) is 0 Å². The molecule has 74 heavy (non-hydrogen) atoms. The smallest absolute Gasteiger partial charge is 0.260 e. The van der Waals surface area contributed by atoms with Crippen molar-refractivity contribution in [1.82, 2.24) is 9.13 Å². The van der Waals surface area contributed by atoms with Gasteiger partial charge in [0.05, 0.1) is 27.8 Å². The molecule has 0 saturated carbocycles. The molecular formula is C68H55BN2O2Si. The van der Waals surface area contributed by atoms with Gasteiger partial charge in [0, 0.05) is 44.8 Å². The number of hydrogen-bond donors (Lipinski definition) is 0. The molecule has 0 atom stereocenters. The summed E-state index contributed by atoms with van der Waals surface area (Å²) in [5.41, 5.74) is 12.6. The Labute approximate surface area is 434 Å². The lowest BCUT2D eigenvalue weighted by atomic mass is 9.34. The van der Waals surface area contributed by atoms with E-state index in [1.165, 1.54) is 64.3 Å². The zero-order valence-corrected chi connectivity index (χ0v) is 43.7. The van der Waals surface area contributed by atoms with Crippen LogP contribution < -0.4 is 46.6 Å². The van der Waals surface area contributed by atoms with Gasteiger partial charge in [-0.2, -0.15) is 0 Å². The Morgan fingerprint density at radius 3 is 1.18 bits per heavy atom. The third kappa shape index (κ3) is 6.60. The molecule has 0 unspecified atom stereocenters. The van der Waals surface area contributed by atoms with Gasteiger partial charge in [-0.3, -0.25) is 0 Å². The highest BCUT2D eigenvalue weighted by atomic mass is 28.3. The molecule has 0 aliphatic carbocycles. The second kappa shape index (κ2) is 16.3. The Morgan fingerprint density at radius 1 is 0.351 bits per heavy atom. The van der Waals surface area contributed by atoms with Crippen LogP contribution in [-0.2, 0) is 10.8 Å². The molecule has 10 aromatic carbocycles. The second-order valence-corrected chi connectivity index (χ2v) is 26.3. The summed E-state index contributed by atoms with van der Waals surface area (Å²) < 4.78 is 19.2. The van der Waals surface area contributed by atoms with Gasteiger partial charge >= 0.3 is 0 Å². The van der Waals surface area contributed by atoms with Crippen LogP contribution in [0.3, 0.4) is 0 Å². The van der Waals surface area contributed by atoms with Crippen molar-refractivity contribution < 1.29 is 9.47 Å². The molecule has 0 amide bonds. The van der Waals surface area contributed by atoms with Crippen LogP contribution in [0, 0.1) is 0 Å². The van der Waals surface area contributed by atoms with Crippen LogP contribution in [0.2, 0.25) is 0 Å². The monoisotopic (exact) mass is 970 g/mol. The van der Waals surface area contributed by atoms with Gasteiger partial charge < -0.3 is 18.6 Å². The van der Waals surface area contributed by atoms with E-state index >= 15 is 0 Å². The van der Waals surface area contributed by atoms with Gasteiger partial charge in [-0.25, -0.2) is 0 Å². The van der Waals surface area contributed by atoms with E-state index in [2.05, 4.69) is 275 Å². The summed E-state index contributed by atoms with van der Waals surface area (Å²) in [5.74, 6) is 3.42. The maximum Gasteiger partial charge on any atom is 0.260 e. The van der Waals surface area contributed by atoms with Gasteiger partial charge in [0.2, 0.25) is 0 Å². The van der Waals surface area contributed by atoms with E-state index in [1.54, 1.807) is 0 Å². The van der Waals surface area contributed by atoms with E-state index in [4.69, 9.17) is 9.47 Å². The van der Waals surface area contributed by atoms with Crippen molar-refractivity contribution in [3.8, 4) is 34.4 Å². The summed E-state index contributed by atoms with van der Waals surface area (Å²) in [4.78, 5) is 0. The highest BCUT2D eigenvalue weighted by Gasteiger charge is 2.43. The van der Waals surface area contributed by atoms with E-state index in [0.29, 0.717) is 0 Å². The first-order valence-electron chi connectivity index (χ1n) is 26.0. The largest absolute Gasteiger partial charge is 0.458 e. The molecule has 356 valence electrons. The maximum atomic E-state index is 7.14. The molecule has 0 saturated heterocycles. The second-order valence-electron chi connectivity index (χ2n) is 22.5. The van der Waals surface area contributed by atoms with Crippen molar-refractivity contribution >= 4 is 95.5 Å². The van der Waals surface area contributed by atoms with E-state index in [0.717, 1.165) is 61.9 Å². The van der Waals surface area contributed by atoms with Crippen molar-refractivity contribution in [2.75, 3.05) is 0 Å². The third-order valence-corrected chi connectivity index (χ3v) is 20.9. The topological polar surface area (TPSA) is 28.3 Å². The standard InChI is InChI=1S/C68H55BN2O2Si/c1-67(2,3)44-30-38-60-56(40-44)69-57-41-45(68(4,5)6)31-39-61(57)73-63-43-47(42-62(72-60)64(63)69)71-59-29-19-17-27-53(59)55-37-36-54-52-26-16-18-28-58(52)70(65(54)66(55)71)46-32-34-51(35-33-46)74(48-20-10-7-11-21-48,49-22-12-8-13-23-49)50-24-14-9-15-25-50/h7-43H,1-6H3. The number of aromatic nitrogens is 2. The average Bonchev–Trinajstić information content (AvgIpc) is 4.06. The third-order valence-electron chi connectivity index (χ3n) is 16.1. The van der Waals surface area contributed by atoms with Gasteiger partial charge in [-0.05, 0) is 90.0 Å². The first-order chi connectivity index (χ1) is 36.0. The number of rotatable bonds is 6. The van der Waals surface area contributed by atoms with Crippen LogP contribution in [0.15, 0.2) is 224 Å². The Bertz CT molecular complexity index is 4020. The summed E-state index contributed by atoms with van der Waals surface area (Å²) in [6.45, 7) is 13.6. The molecule has 0 radical (unpaired) electrons. The number of nitrogens with zero attached hydrogens (tertiary/aromatic N) is 2. The SMILES string of the molecule is CC(C)(C)c1ccc2c(c1)B1c3cc(C(C)(C)C)ccc3Oc3cc(-n4c5ccccc5c5ccc6c7ccccc7n(-c7ccc([Si](c8ccccc8)(c8ccccc8)c8ccccc8)cc7)c6c54)cc(c31)O2. The molecule has 6 heteroatoms. The molecule has 4 nitrogen and oxygen atoms in total. The van der Waals surface area contributed by atoms with Crippen LogP contribution in [-0.4, -0.2) is 23.9 Å². The summed E-state index contributed by atoms with van der Waals surface area (Å²) in [6, 6.07) is 83.6. The molecule has 2 aliphatic rings. The van der Waals surface area contributed by atoms with Gasteiger partial charge in [-0.1, -0.05) is 217 Å². The zero-order valence-electron chi connectivity index (χ0n) is 42.7. The molecule has 2 aliphatic heterocycles. The highest BCUT2D eigenvalue weighted by Crippen LogP contribution is 2.44. The zero-order chi connectivity index (χ0) is 50.1. The van der Waals surface area contributed by atoms with Crippen molar-refractivity contribution in [2.45, 2.75) is 52.4 Å².